The van der Waals surface area contributed by atoms with Crippen molar-refractivity contribution >= 4 is 17.4 Å². The van der Waals surface area contributed by atoms with Crippen LogP contribution < -0.4 is 5.32 Å². The monoisotopic (exact) mass is 305 g/mol. The van der Waals surface area contributed by atoms with Crippen LogP contribution in [0.25, 0.3) is 11.4 Å². The highest BCUT2D eigenvalue weighted by molar-refractivity contribution is 6.31. The molecule has 0 saturated heterocycles. The summed E-state index contributed by atoms with van der Waals surface area (Å²) in [6.45, 7) is 0. The first-order valence-corrected chi connectivity index (χ1v) is 7.57. The van der Waals surface area contributed by atoms with Gasteiger partial charge >= 0.3 is 0 Å². The SMILES string of the molecule is CNc1cc(C2CCCC2)nc(-c2ccc(F)c(Cl)c2)n1. The van der Waals surface area contributed by atoms with Crippen LogP contribution in [0, 0.1) is 5.82 Å². The Balaban J connectivity index is 2.04. The molecular weight excluding hydrogens is 289 g/mol. The average Bonchev–Trinajstić information content (AvgIpc) is 3.04. The molecule has 0 unspecified atom stereocenters. The highest BCUT2D eigenvalue weighted by atomic mass is 35.5. The normalized spacial score (nSPS) is 15.4. The molecule has 2 aromatic rings. The van der Waals surface area contributed by atoms with Crippen molar-refractivity contribution in [3.05, 3.63) is 40.8 Å². The molecular formula is C16H17ClFN3. The molecule has 0 spiro atoms. The number of hydrogen-bond donors (Lipinski definition) is 1. The highest BCUT2D eigenvalue weighted by Crippen LogP contribution is 2.34. The molecule has 21 heavy (non-hydrogen) atoms. The molecule has 1 saturated carbocycles. The minimum absolute atomic E-state index is 0.0911. The average molecular weight is 306 g/mol. The molecule has 1 fully saturated rings. The molecule has 1 aromatic carbocycles. The van der Waals surface area contributed by atoms with E-state index in [-0.39, 0.29) is 5.02 Å². The van der Waals surface area contributed by atoms with Gasteiger partial charge in [0.2, 0.25) is 0 Å². The Kier molecular flexibility index (Phi) is 4.06. The lowest BCUT2D eigenvalue weighted by Gasteiger charge is -2.12. The van der Waals surface area contributed by atoms with Crippen molar-refractivity contribution in [3.8, 4) is 11.4 Å². The second kappa shape index (κ2) is 5.98. The number of anilines is 1. The highest BCUT2D eigenvalue weighted by Gasteiger charge is 2.20. The maximum atomic E-state index is 13.3. The number of aromatic nitrogens is 2. The number of benzene rings is 1. The third kappa shape index (κ3) is 3.00. The first kappa shape index (κ1) is 14.3. The lowest BCUT2D eigenvalue weighted by molar-refractivity contribution is 0.628. The van der Waals surface area contributed by atoms with Crippen molar-refractivity contribution < 1.29 is 4.39 Å². The Bertz CT molecular complexity index is 654. The number of halogens is 2. The zero-order valence-electron chi connectivity index (χ0n) is 11.9. The number of rotatable bonds is 3. The quantitative estimate of drug-likeness (QED) is 0.898. The van der Waals surface area contributed by atoms with Gasteiger partial charge in [0.05, 0.1) is 5.02 Å². The van der Waals surface area contributed by atoms with Crippen LogP contribution in [0.1, 0.15) is 37.3 Å². The number of nitrogens with zero attached hydrogens (tertiary/aromatic N) is 2. The predicted molar refractivity (Wildman–Crippen MR) is 83.2 cm³/mol. The van der Waals surface area contributed by atoms with E-state index in [2.05, 4.69) is 15.3 Å². The molecule has 1 N–H and O–H groups in total. The van der Waals surface area contributed by atoms with Crippen molar-refractivity contribution in [2.75, 3.05) is 12.4 Å². The van der Waals surface area contributed by atoms with Gasteiger partial charge in [0.1, 0.15) is 11.6 Å². The fourth-order valence-corrected chi connectivity index (χ4v) is 2.97. The smallest absolute Gasteiger partial charge is 0.161 e. The Morgan fingerprint density at radius 3 is 2.62 bits per heavy atom. The summed E-state index contributed by atoms with van der Waals surface area (Å²) in [5.74, 6) is 1.43. The van der Waals surface area contributed by atoms with E-state index in [9.17, 15) is 4.39 Å². The van der Waals surface area contributed by atoms with E-state index in [0.717, 1.165) is 17.1 Å². The minimum Gasteiger partial charge on any atom is -0.373 e. The third-order valence-electron chi connectivity index (χ3n) is 3.95. The van der Waals surface area contributed by atoms with Crippen LogP contribution in [-0.4, -0.2) is 17.0 Å². The van der Waals surface area contributed by atoms with Gasteiger partial charge in [-0.15, -0.1) is 0 Å². The molecule has 1 heterocycles. The molecule has 1 aromatic heterocycles. The van der Waals surface area contributed by atoms with Crippen molar-refractivity contribution in [1.29, 1.82) is 0 Å². The van der Waals surface area contributed by atoms with Gasteiger partial charge in [-0.1, -0.05) is 24.4 Å². The lowest BCUT2D eigenvalue weighted by Crippen LogP contribution is -2.04. The third-order valence-corrected chi connectivity index (χ3v) is 4.24. The fraction of sp³-hybridized carbons (Fsp3) is 0.375. The Morgan fingerprint density at radius 1 is 1.19 bits per heavy atom. The van der Waals surface area contributed by atoms with E-state index < -0.39 is 5.82 Å². The maximum Gasteiger partial charge on any atom is 0.161 e. The van der Waals surface area contributed by atoms with Gasteiger partial charge in [0.25, 0.3) is 0 Å². The van der Waals surface area contributed by atoms with Crippen molar-refractivity contribution in [1.82, 2.24) is 9.97 Å². The first-order chi connectivity index (χ1) is 10.2. The molecule has 0 atom stereocenters. The van der Waals surface area contributed by atoms with Crippen molar-refractivity contribution in [2.24, 2.45) is 0 Å². The summed E-state index contributed by atoms with van der Waals surface area (Å²) in [4.78, 5) is 9.13. The molecule has 1 aliphatic rings. The van der Waals surface area contributed by atoms with Crippen LogP contribution in [-0.2, 0) is 0 Å². The van der Waals surface area contributed by atoms with Gasteiger partial charge in [0.15, 0.2) is 5.82 Å². The zero-order chi connectivity index (χ0) is 14.8. The van der Waals surface area contributed by atoms with E-state index in [4.69, 9.17) is 11.6 Å². The van der Waals surface area contributed by atoms with Crippen LogP contribution in [0.2, 0.25) is 5.02 Å². The second-order valence-corrected chi connectivity index (χ2v) is 5.77. The van der Waals surface area contributed by atoms with Crippen LogP contribution >= 0.6 is 11.6 Å². The van der Waals surface area contributed by atoms with E-state index in [1.165, 1.54) is 31.7 Å². The maximum absolute atomic E-state index is 13.3. The summed E-state index contributed by atoms with van der Waals surface area (Å²) in [6.07, 6.45) is 4.84. The molecule has 0 radical (unpaired) electrons. The summed E-state index contributed by atoms with van der Waals surface area (Å²) < 4.78 is 13.3. The van der Waals surface area contributed by atoms with Gasteiger partial charge < -0.3 is 5.32 Å². The van der Waals surface area contributed by atoms with Gasteiger partial charge in [-0.05, 0) is 31.0 Å². The molecule has 0 amide bonds. The largest absolute Gasteiger partial charge is 0.373 e. The predicted octanol–water partition coefficient (Wildman–Crippen LogP) is 4.64. The minimum atomic E-state index is -0.429. The molecule has 0 aliphatic heterocycles. The van der Waals surface area contributed by atoms with Crippen LogP contribution in [0.3, 0.4) is 0 Å². The summed E-state index contributed by atoms with van der Waals surface area (Å²) in [5, 5.41) is 3.16. The van der Waals surface area contributed by atoms with Gasteiger partial charge in [-0.2, -0.15) is 0 Å². The summed E-state index contributed by atoms with van der Waals surface area (Å²) >= 11 is 5.86. The van der Waals surface area contributed by atoms with Crippen molar-refractivity contribution in [3.63, 3.8) is 0 Å². The van der Waals surface area contributed by atoms with Crippen LogP contribution in [0.15, 0.2) is 24.3 Å². The molecule has 1 aliphatic carbocycles. The fourth-order valence-electron chi connectivity index (χ4n) is 2.79. The van der Waals surface area contributed by atoms with E-state index >= 15 is 0 Å². The number of nitrogens with one attached hydrogen (secondary N) is 1. The lowest BCUT2D eigenvalue weighted by atomic mass is 10.0. The first-order valence-electron chi connectivity index (χ1n) is 7.19. The Hall–Kier alpha value is -1.68. The van der Waals surface area contributed by atoms with E-state index in [1.807, 2.05) is 13.1 Å². The van der Waals surface area contributed by atoms with Gasteiger partial charge in [-0.3, -0.25) is 0 Å². The zero-order valence-corrected chi connectivity index (χ0v) is 12.6. The molecule has 0 bridgehead atoms. The molecule has 5 heteroatoms. The number of hydrogen-bond acceptors (Lipinski definition) is 3. The molecule has 110 valence electrons. The van der Waals surface area contributed by atoms with Gasteiger partial charge in [0, 0.05) is 30.3 Å². The Morgan fingerprint density at radius 2 is 1.95 bits per heavy atom. The summed E-state index contributed by atoms with van der Waals surface area (Å²) in [7, 11) is 1.84. The summed E-state index contributed by atoms with van der Waals surface area (Å²) in [5.41, 5.74) is 1.79. The Labute approximate surface area is 128 Å². The van der Waals surface area contributed by atoms with Crippen LogP contribution in [0.4, 0.5) is 10.2 Å². The van der Waals surface area contributed by atoms with E-state index in [1.54, 1.807) is 12.1 Å². The second-order valence-electron chi connectivity index (χ2n) is 5.36. The van der Waals surface area contributed by atoms with Crippen molar-refractivity contribution in [2.45, 2.75) is 31.6 Å². The topological polar surface area (TPSA) is 37.8 Å². The van der Waals surface area contributed by atoms with E-state index in [0.29, 0.717) is 11.7 Å². The molecule has 3 nitrogen and oxygen atoms in total. The standard InChI is InChI=1S/C16H17ClFN3/c1-19-15-9-14(10-4-2-3-5-10)20-16(21-15)11-6-7-13(18)12(17)8-11/h6-10H,2-5H2,1H3,(H,19,20,21). The van der Waals surface area contributed by atoms with Gasteiger partial charge in [-0.25, -0.2) is 14.4 Å². The van der Waals surface area contributed by atoms with Crippen LogP contribution in [0.5, 0.6) is 0 Å². The molecule has 3 rings (SSSR count). The summed E-state index contributed by atoms with van der Waals surface area (Å²) in [6, 6.07) is 6.59.